The SMILES string of the molecule is CN(CC1CC1)c1cc(N(C)S(C)(=O)=O)cc(-c2nnc([C@@](C)(N)Cc3ccccc3)o2)n1. The van der Waals surface area contributed by atoms with Crippen LogP contribution in [0, 0.1) is 5.92 Å². The highest BCUT2D eigenvalue weighted by Crippen LogP contribution is 2.33. The summed E-state index contributed by atoms with van der Waals surface area (Å²) < 4.78 is 31.5. The normalized spacial score (nSPS) is 15.8. The van der Waals surface area contributed by atoms with Crippen molar-refractivity contribution in [1.29, 1.82) is 0 Å². The molecule has 1 aromatic carbocycles. The number of hydrogen-bond donors (Lipinski definition) is 1. The Morgan fingerprint density at radius 3 is 2.48 bits per heavy atom. The molecule has 9 nitrogen and oxygen atoms in total. The highest BCUT2D eigenvalue weighted by Gasteiger charge is 2.30. The second kappa shape index (κ2) is 8.75. The molecular weight excluding hydrogens is 440 g/mol. The summed E-state index contributed by atoms with van der Waals surface area (Å²) in [6, 6.07) is 13.2. The van der Waals surface area contributed by atoms with Crippen molar-refractivity contribution in [3.63, 3.8) is 0 Å². The Kier molecular flexibility index (Phi) is 6.15. The van der Waals surface area contributed by atoms with E-state index < -0.39 is 15.6 Å². The van der Waals surface area contributed by atoms with E-state index in [2.05, 4.69) is 10.2 Å². The van der Waals surface area contributed by atoms with Crippen LogP contribution in [0.2, 0.25) is 0 Å². The maximum Gasteiger partial charge on any atom is 0.266 e. The van der Waals surface area contributed by atoms with Gasteiger partial charge in [0, 0.05) is 26.7 Å². The summed E-state index contributed by atoms with van der Waals surface area (Å²) >= 11 is 0. The Morgan fingerprint density at radius 1 is 1.15 bits per heavy atom. The molecule has 0 radical (unpaired) electrons. The van der Waals surface area contributed by atoms with Crippen LogP contribution >= 0.6 is 0 Å². The van der Waals surface area contributed by atoms with Gasteiger partial charge in [-0.15, -0.1) is 10.2 Å². The molecule has 0 unspecified atom stereocenters. The molecule has 33 heavy (non-hydrogen) atoms. The zero-order valence-corrected chi connectivity index (χ0v) is 20.2. The van der Waals surface area contributed by atoms with E-state index in [-0.39, 0.29) is 11.8 Å². The van der Waals surface area contributed by atoms with E-state index >= 15 is 0 Å². The molecule has 0 saturated heterocycles. The zero-order chi connectivity index (χ0) is 23.8. The largest absolute Gasteiger partial charge is 0.417 e. The Hall–Kier alpha value is -2.98. The van der Waals surface area contributed by atoms with Gasteiger partial charge < -0.3 is 15.1 Å². The van der Waals surface area contributed by atoms with Crippen molar-refractivity contribution in [2.45, 2.75) is 31.7 Å². The summed E-state index contributed by atoms with van der Waals surface area (Å²) in [5.74, 6) is 1.77. The van der Waals surface area contributed by atoms with Crippen LogP contribution in [0.4, 0.5) is 11.5 Å². The quantitative estimate of drug-likeness (QED) is 0.507. The molecule has 10 heteroatoms. The van der Waals surface area contributed by atoms with Crippen molar-refractivity contribution in [2.24, 2.45) is 11.7 Å². The average molecular weight is 471 g/mol. The first-order chi connectivity index (χ1) is 15.5. The molecule has 1 fully saturated rings. The molecule has 0 amide bonds. The fourth-order valence-electron chi connectivity index (χ4n) is 3.61. The van der Waals surface area contributed by atoms with Crippen LogP contribution in [-0.2, 0) is 22.0 Å². The first-order valence-corrected chi connectivity index (χ1v) is 12.7. The van der Waals surface area contributed by atoms with Crippen LogP contribution in [0.5, 0.6) is 0 Å². The summed E-state index contributed by atoms with van der Waals surface area (Å²) in [4.78, 5) is 6.72. The van der Waals surface area contributed by atoms with Gasteiger partial charge in [-0.3, -0.25) is 4.31 Å². The Labute approximate surface area is 194 Å². The monoisotopic (exact) mass is 470 g/mol. The molecule has 1 atom stereocenters. The zero-order valence-electron chi connectivity index (χ0n) is 19.4. The maximum absolute atomic E-state index is 12.2. The maximum atomic E-state index is 12.2. The van der Waals surface area contributed by atoms with Gasteiger partial charge in [-0.2, -0.15) is 0 Å². The topological polar surface area (TPSA) is 118 Å². The lowest BCUT2D eigenvalue weighted by Gasteiger charge is -2.22. The van der Waals surface area contributed by atoms with Crippen LogP contribution in [0.25, 0.3) is 11.6 Å². The number of sulfonamides is 1. The van der Waals surface area contributed by atoms with Crippen molar-refractivity contribution in [3.05, 3.63) is 53.9 Å². The molecule has 2 N–H and O–H groups in total. The van der Waals surface area contributed by atoms with Crippen molar-refractivity contribution in [3.8, 4) is 11.6 Å². The lowest BCUT2D eigenvalue weighted by atomic mass is 9.94. The lowest BCUT2D eigenvalue weighted by molar-refractivity contribution is 0.355. The van der Waals surface area contributed by atoms with Crippen LogP contribution in [0.1, 0.15) is 31.2 Å². The van der Waals surface area contributed by atoms with E-state index in [1.54, 1.807) is 12.1 Å². The third-order valence-corrected chi connectivity index (χ3v) is 7.03. The van der Waals surface area contributed by atoms with Crippen molar-refractivity contribution < 1.29 is 12.8 Å². The minimum atomic E-state index is -3.46. The predicted octanol–water partition coefficient (Wildman–Crippen LogP) is 2.79. The minimum absolute atomic E-state index is 0.194. The molecular formula is C23H30N6O3S. The second-order valence-electron chi connectivity index (χ2n) is 9.12. The third-order valence-electron chi connectivity index (χ3n) is 5.82. The molecule has 1 aliphatic rings. The lowest BCUT2D eigenvalue weighted by Crippen LogP contribution is -2.35. The van der Waals surface area contributed by atoms with Gasteiger partial charge in [0.1, 0.15) is 11.5 Å². The van der Waals surface area contributed by atoms with E-state index in [1.807, 2.05) is 49.2 Å². The molecule has 0 spiro atoms. The summed E-state index contributed by atoms with van der Waals surface area (Å²) in [6.45, 7) is 2.69. The van der Waals surface area contributed by atoms with Gasteiger partial charge in [-0.25, -0.2) is 13.4 Å². The molecule has 1 saturated carbocycles. The van der Waals surface area contributed by atoms with Gasteiger partial charge in [0.15, 0.2) is 0 Å². The van der Waals surface area contributed by atoms with E-state index in [1.165, 1.54) is 24.2 Å². The molecule has 0 bridgehead atoms. The smallest absolute Gasteiger partial charge is 0.266 e. The van der Waals surface area contributed by atoms with Gasteiger partial charge in [-0.05, 0) is 43.7 Å². The molecule has 0 aliphatic heterocycles. The number of nitrogens with two attached hydrogens (primary N) is 1. The van der Waals surface area contributed by atoms with Gasteiger partial charge in [-0.1, -0.05) is 30.3 Å². The first-order valence-electron chi connectivity index (χ1n) is 10.9. The van der Waals surface area contributed by atoms with Crippen molar-refractivity contribution in [2.75, 3.05) is 36.1 Å². The summed E-state index contributed by atoms with van der Waals surface area (Å²) in [5.41, 5.74) is 7.58. The van der Waals surface area contributed by atoms with E-state index in [0.29, 0.717) is 29.5 Å². The molecule has 1 aliphatic carbocycles. The van der Waals surface area contributed by atoms with Gasteiger partial charge in [0.05, 0.1) is 17.5 Å². The number of benzene rings is 1. The van der Waals surface area contributed by atoms with E-state index in [9.17, 15) is 8.42 Å². The summed E-state index contributed by atoms with van der Waals surface area (Å²) in [5, 5.41) is 8.37. The van der Waals surface area contributed by atoms with E-state index in [0.717, 1.165) is 18.4 Å². The Bertz CT molecular complexity index is 1220. The fraction of sp³-hybridized carbons (Fsp3) is 0.435. The molecule has 4 rings (SSSR count). The van der Waals surface area contributed by atoms with Crippen molar-refractivity contribution in [1.82, 2.24) is 15.2 Å². The summed E-state index contributed by atoms with van der Waals surface area (Å²) in [6.07, 6.45) is 4.08. The number of hydrogen-bond acceptors (Lipinski definition) is 8. The third kappa shape index (κ3) is 5.51. The van der Waals surface area contributed by atoms with Crippen LogP contribution in [0.3, 0.4) is 0 Å². The van der Waals surface area contributed by atoms with Crippen molar-refractivity contribution >= 4 is 21.5 Å². The second-order valence-corrected chi connectivity index (χ2v) is 11.1. The number of aromatic nitrogens is 3. The number of pyridine rings is 1. The molecule has 3 aromatic rings. The first kappa shape index (κ1) is 23.2. The standard InChI is InChI=1S/C23H30N6O3S/c1-23(24,14-16-8-6-5-7-9-16)22-27-26-21(32-22)19-12-18(29(3)33(4,30)31)13-20(25-19)28(2)15-17-10-11-17/h5-9,12-13,17H,10-11,14-15,24H2,1-4H3/t23-/m0/s1. The highest BCUT2D eigenvalue weighted by molar-refractivity contribution is 7.92. The summed E-state index contributed by atoms with van der Waals surface area (Å²) in [7, 11) is -0.00201. The number of rotatable bonds is 9. The van der Waals surface area contributed by atoms with Crippen LogP contribution in [0.15, 0.2) is 46.9 Å². The molecule has 2 heterocycles. The number of anilines is 2. The van der Waals surface area contributed by atoms with E-state index in [4.69, 9.17) is 15.1 Å². The predicted molar refractivity (Wildman–Crippen MR) is 128 cm³/mol. The van der Waals surface area contributed by atoms with Crippen LogP contribution in [-0.4, -0.2) is 50.5 Å². The fourth-order valence-corrected chi connectivity index (χ4v) is 4.10. The van der Waals surface area contributed by atoms with Gasteiger partial charge in [0.2, 0.25) is 15.9 Å². The van der Waals surface area contributed by atoms with Gasteiger partial charge >= 0.3 is 0 Å². The Morgan fingerprint density at radius 2 is 1.85 bits per heavy atom. The number of nitrogens with zero attached hydrogens (tertiary/aromatic N) is 5. The molecule has 176 valence electrons. The highest BCUT2D eigenvalue weighted by atomic mass is 32.2. The average Bonchev–Trinajstić information content (AvgIpc) is 3.42. The Balaban J connectivity index is 1.68. The molecule has 2 aromatic heterocycles. The van der Waals surface area contributed by atoms with Crippen LogP contribution < -0.4 is 14.9 Å². The minimum Gasteiger partial charge on any atom is -0.417 e. The van der Waals surface area contributed by atoms with Gasteiger partial charge in [0.25, 0.3) is 5.89 Å².